The molecule has 0 saturated carbocycles. The minimum Gasteiger partial charge on any atom is -0.459 e. The summed E-state index contributed by atoms with van der Waals surface area (Å²) in [5, 5.41) is 3.00. The average Bonchev–Trinajstić information content (AvgIpc) is 2.43. The van der Waals surface area contributed by atoms with Gasteiger partial charge in [0, 0.05) is 12.7 Å². The largest absolute Gasteiger partial charge is 0.459 e. The minimum atomic E-state index is -0.682. The van der Waals surface area contributed by atoms with Crippen LogP contribution in [0, 0.1) is 0 Å². The van der Waals surface area contributed by atoms with E-state index in [1.807, 2.05) is 19.2 Å². The molecule has 0 aromatic heterocycles. The Morgan fingerprint density at radius 3 is 1.77 bits per heavy atom. The Morgan fingerprint density at radius 2 is 1.41 bits per heavy atom. The molecule has 0 fully saturated rings. The molecule has 5 nitrogen and oxygen atoms in total. The Hall–Kier alpha value is -2.30. The second kappa shape index (κ2) is 8.22. The summed E-state index contributed by atoms with van der Waals surface area (Å²) >= 11 is 0. The van der Waals surface area contributed by atoms with Gasteiger partial charge in [-0.3, -0.25) is 0 Å². The van der Waals surface area contributed by atoms with Gasteiger partial charge in [-0.15, -0.1) is 0 Å². The standard InChI is InChI=1S/C17H23NO4/c1-11(2)21-16(19)15(17(20)22-12(3)4)10-13-6-8-14(18-5)9-7-13/h6-12,18H,1-5H3. The van der Waals surface area contributed by atoms with Gasteiger partial charge in [0.1, 0.15) is 5.57 Å². The number of nitrogens with one attached hydrogen (secondary N) is 1. The van der Waals surface area contributed by atoms with Crippen molar-refractivity contribution < 1.29 is 19.1 Å². The number of hydrogen-bond acceptors (Lipinski definition) is 5. The molecule has 0 spiro atoms. The van der Waals surface area contributed by atoms with Crippen LogP contribution in [0.25, 0.3) is 6.08 Å². The van der Waals surface area contributed by atoms with E-state index in [4.69, 9.17) is 9.47 Å². The highest BCUT2D eigenvalue weighted by atomic mass is 16.6. The summed E-state index contributed by atoms with van der Waals surface area (Å²) in [6.45, 7) is 6.91. The summed E-state index contributed by atoms with van der Waals surface area (Å²) in [7, 11) is 1.82. The van der Waals surface area contributed by atoms with Crippen molar-refractivity contribution in [2.45, 2.75) is 39.9 Å². The average molecular weight is 305 g/mol. The highest BCUT2D eigenvalue weighted by Crippen LogP contribution is 2.15. The number of ether oxygens (including phenoxy) is 2. The first kappa shape index (κ1) is 17.8. The zero-order valence-electron chi connectivity index (χ0n) is 13.7. The van der Waals surface area contributed by atoms with Gasteiger partial charge in [0.2, 0.25) is 0 Å². The molecule has 0 saturated heterocycles. The zero-order chi connectivity index (χ0) is 16.7. The van der Waals surface area contributed by atoms with E-state index < -0.39 is 11.9 Å². The maximum atomic E-state index is 12.1. The molecule has 0 heterocycles. The Balaban J connectivity index is 3.08. The molecule has 0 bridgehead atoms. The van der Waals surface area contributed by atoms with Crippen molar-refractivity contribution in [3.8, 4) is 0 Å². The number of benzene rings is 1. The molecule has 22 heavy (non-hydrogen) atoms. The molecule has 0 aliphatic rings. The predicted octanol–water partition coefficient (Wildman–Crippen LogP) is 3.01. The van der Waals surface area contributed by atoms with E-state index in [1.54, 1.807) is 39.8 Å². The van der Waals surface area contributed by atoms with Crippen LogP contribution in [0.1, 0.15) is 33.3 Å². The molecule has 0 unspecified atom stereocenters. The number of carbonyl (C=O) groups is 2. The molecular weight excluding hydrogens is 282 g/mol. The van der Waals surface area contributed by atoms with Gasteiger partial charge in [-0.25, -0.2) is 9.59 Å². The first-order chi connectivity index (χ1) is 10.3. The Labute approximate surface area is 131 Å². The molecule has 1 N–H and O–H groups in total. The van der Waals surface area contributed by atoms with Crippen molar-refractivity contribution in [3.05, 3.63) is 35.4 Å². The molecule has 1 rings (SSSR count). The van der Waals surface area contributed by atoms with Crippen molar-refractivity contribution in [2.75, 3.05) is 12.4 Å². The molecular formula is C17H23NO4. The lowest BCUT2D eigenvalue weighted by atomic mass is 10.1. The summed E-state index contributed by atoms with van der Waals surface area (Å²) in [5.41, 5.74) is 1.54. The zero-order valence-corrected chi connectivity index (χ0v) is 13.7. The molecule has 0 aliphatic carbocycles. The summed E-state index contributed by atoms with van der Waals surface area (Å²) in [6, 6.07) is 7.31. The Bertz CT molecular complexity index is 520. The highest BCUT2D eigenvalue weighted by molar-refractivity contribution is 6.17. The summed E-state index contributed by atoms with van der Waals surface area (Å²) in [5.74, 6) is -1.36. The smallest absolute Gasteiger partial charge is 0.345 e. The number of rotatable bonds is 6. The highest BCUT2D eigenvalue weighted by Gasteiger charge is 2.23. The normalized spacial score (nSPS) is 10.3. The van der Waals surface area contributed by atoms with Gasteiger partial charge in [-0.05, 0) is 51.5 Å². The Morgan fingerprint density at radius 1 is 0.955 bits per heavy atom. The van der Waals surface area contributed by atoms with Crippen LogP contribution in [0.5, 0.6) is 0 Å². The summed E-state index contributed by atoms with van der Waals surface area (Å²) in [6.07, 6.45) is 0.860. The minimum absolute atomic E-state index is 0.111. The van der Waals surface area contributed by atoms with E-state index in [-0.39, 0.29) is 17.8 Å². The molecule has 120 valence electrons. The SMILES string of the molecule is CNc1ccc(C=C(C(=O)OC(C)C)C(=O)OC(C)C)cc1. The number of carbonyl (C=O) groups excluding carboxylic acids is 2. The van der Waals surface area contributed by atoms with Crippen LogP contribution in [0.4, 0.5) is 5.69 Å². The van der Waals surface area contributed by atoms with E-state index in [1.165, 1.54) is 6.08 Å². The molecule has 0 aliphatic heterocycles. The lowest BCUT2D eigenvalue weighted by molar-refractivity contribution is -0.150. The van der Waals surface area contributed by atoms with E-state index in [0.29, 0.717) is 0 Å². The number of hydrogen-bond donors (Lipinski definition) is 1. The van der Waals surface area contributed by atoms with E-state index in [9.17, 15) is 9.59 Å². The van der Waals surface area contributed by atoms with Crippen LogP contribution in [-0.4, -0.2) is 31.2 Å². The lowest BCUT2D eigenvalue weighted by Gasteiger charge is -2.12. The van der Waals surface area contributed by atoms with Gasteiger partial charge >= 0.3 is 11.9 Å². The van der Waals surface area contributed by atoms with Gasteiger partial charge in [0.15, 0.2) is 0 Å². The molecule has 0 amide bonds. The topological polar surface area (TPSA) is 64.6 Å². The van der Waals surface area contributed by atoms with Crippen molar-refractivity contribution in [2.24, 2.45) is 0 Å². The maximum Gasteiger partial charge on any atom is 0.345 e. The number of anilines is 1. The first-order valence-corrected chi connectivity index (χ1v) is 7.25. The molecule has 5 heteroatoms. The molecule has 0 atom stereocenters. The van der Waals surface area contributed by atoms with Crippen molar-refractivity contribution in [3.63, 3.8) is 0 Å². The van der Waals surface area contributed by atoms with Crippen molar-refractivity contribution in [1.29, 1.82) is 0 Å². The summed E-state index contributed by atoms with van der Waals surface area (Å²) in [4.78, 5) is 24.2. The molecule has 1 aromatic carbocycles. The third-order valence-corrected chi connectivity index (χ3v) is 2.64. The summed E-state index contributed by atoms with van der Waals surface area (Å²) < 4.78 is 10.2. The van der Waals surface area contributed by atoms with Gasteiger partial charge in [0.25, 0.3) is 0 Å². The van der Waals surface area contributed by atoms with Crippen molar-refractivity contribution in [1.82, 2.24) is 0 Å². The number of esters is 2. The predicted molar refractivity (Wildman–Crippen MR) is 86.4 cm³/mol. The van der Waals surface area contributed by atoms with Crippen LogP contribution in [0.15, 0.2) is 29.8 Å². The second-order valence-electron chi connectivity index (χ2n) is 5.34. The Kier molecular flexibility index (Phi) is 6.63. The quantitative estimate of drug-likeness (QED) is 0.379. The van der Waals surface area contributed by atoms with Crippen LogP contribution < -0.4 is 5.32 Å². The van der Waals surface area contributed by atoms with Gasteiger partial charge in [-0.1, -0.05) is 12.1 Å². The fourth-order valence-electron chi connectivity index (χ4n) is 1.67. The van der Waals surface area contributed by atoms with E-state index >= 15 is 0 Å². The molecule has 0 radical (unpaired) electrons. The fraction of sp³-hybridized carbons (Fsp3) is 0.412. The molecule has 1 aromatic rings. The van der Waals surface area contributed by atoms with Gasteiger partial charge in [0.05, 0.1) is 12.2 Å². The second-order valence-corrected chi connectivity index (χ2v) is 5.34. The first-order valence-electron chi connectivity index (χ1n) is 7.25. The van der Waals surface area contributed by atoms with Gasteiger partial charge < -0.3 is 14.8 Å². The van der Waals surface area contributed by atoms with Crippen LogP contribution in [-0.2, 0) is 19.1 Å². The van der Waals surface area contributed by atoms with Crippen molar-refractivity contribution >= 4 is 23.7 Å². The fourth-order valence-corrected chi connectivity index (χ4v) is 1.67. The monoisotopic (exact) mass is 305 g/mol. The van der Waals surface area contributed by atoms with Crippen LogP contribution >= 0.6 is 0 Å². The van der Waals surface area contributed by atoms with Crippen LogP contribution in [0.3, 0.4) is 0 Å². The van der Waals surface area contributed by atoms with Crippen LogP contribution in [0.2, 0.25) is 0 Å². The van der Waals surface area contributed by atoms with E-state index in [2.05, 4.69) is 5.32 Å². The lowest BCUT2D eigenvalue weighted by Crippen LogP contribution is -2.23. The van der Waals surface area contributed by atoms with Gasteiger partial charge in [-0.2, -0.15) is 0 Å². The maximum absolute atomic E-state index is 12.1. The van der Waals surface area contributed by atoms with E-state index in [0.717, 1.165) is 11.3 Å². The third-order valence-electron chi connectivity index (χ3n) is 2.64. The third kappa shape index (κ3) is 5.60.